The van der Waals surface area contributed by atoms with Crippen molar-refractivity contribution in [1.82, 2.24) is 9.78 Å². The summed E-state index contributed by atoms with van der Waals surface area (Å²) in [4.78, 5) is 0. The first-order chi connectivity index (χ1) is 5.95. The van der Waals surface area contributed by atoms with Crippen LogP contribution in [-0.4, -0.2) is 20.2 Å². The zero-order valence-corrected chi connectivity index (χ0v) is 9.74. The minimum absolute atomic E-state index is 0.0235. The standard InChI is InChI=1S/C9H15BrN2O/c1-9(2,3)12-6-7(5-11-12)8(13)4-10/h5-6,8,13H,4H2,1-3H3. The van der Waals surface area contributed by atoms with Crippen molar-refractivity contribution in [2.24, 2.45) is 0 Å². The van der Waals surface area contributed by atoms with Crippen LogP contribution in [0.5, 0.6) is 0 Å². The van der Waals surface area contributed by atoms with Gasteiger partial charge in [0.25, 0.3) is 0 Å². The van der Waals surface area contributed by atoms with Gasteiger partial charge < -0.3 is 5.11 Å². The second-order valence-electron chi connectivity index (χ2n) is 4.06. The number of aliphatic hydroxyl groups excluding tert-OH is 1. The van der Waals surface area contributed by atoms with Crippen molar-refractivity contribution in [3.05, 3.63) is 18.0 Å². The molecule has 0 bridgehead atoms. The third-order valence-electron chi connectivity index (χ3n) is 1.82. The Morgan fingerprint density at radius 2 is 2.23 bits per heavy atom. The third-order valence-corrected chi connectivity index (χ3v) is 2.43. The number of alkyl halides is 1. The first-order valence-electron chi connectivity index (χ1n) is 4.24. The molecule has 1 unspecified atom stereocenters. The lowest BCUT2D eigenvalue weighted by molar-refractivity contribution is 0.205. The molecule has 1 rings (SSSR count). The highest BCUT2D eigenvalue weighted by atomic mass is 79.9. The highest BCUT2D eigenvalue weighted by Crippen LogP contribution is 2.18. The molecule has 0 aliphatic rings. The van der Waals surface area contributed by atoms with Gasteiger partial charge in [-0.05, 0) is 20.8 Å². The normalized spacial score (nSPS) is 14.5. The summed E-state index contributed by atoms with van der Waals surface area (Å²) < 4.78 is 1.86. The number of hydrogen-bond acceptors (Lipinski definition) is 2. The van der Waals surface area contributed by atoms with Crippen LogP contribution in [0.25, 0.3) is 0 Å². The van der Waals surface area contributed by atoms with Crippen LogP contribution in [0.2, 0.25) is 0 Å². The molecule has 4 heteroatoms. The fourth-order valence-electron chi connectivity index (χ4n) is 0.965. The van der Waals surface area contributed by atoms with E-state index in [2.05, 4.69) is 41.8 Å². The molecule has 0 radical (unpaired) electrons. The maximum atomic E-state index is 9.51. The number of hydrogen-bond donors (Lipinski definition) is 1. The van der Waals surface area contributed by atoms with Crippen LogP contribution in [-0.2, 0) is 5.54 Å². The van der Waals surface area contributed by atoms with E-state index >= 15 is 0 Å². The van der Waals surface area contributed by atoms with Gasteiger partial charge in [0, 0.05) is 17.1 Å². The van der Waals surface area contributed by atoms with Crippen LogP contribution in [0.15, 0.2) is 12.4 Å². The van der Waals surface area contributed by atoms with Gasteiger partial charge in [-0.1, -0.05) is 15.9 Å². The van der Waals surface area contributed by atoms with Gasteiger partial charge in [0.15, 0.2) is 0 Å². The molecule has 1 aromatic rings. The van der Waals surface area contributed by atoms with Gasteiger partial charge >= 0.3 is 0 Å². The SMILES string of the molecule is CC(C)(C)n1cc(C(O)CBr)cn1. The largest absolute Gasteiger partial charge is 0.387 e. The Morgan fingerprint density at radius 3 is 2.62 bits per heavy atom. The van der Waals surface area contributed by atoms with Crippen LogP contribution in [0, 0.1) is 0 Å². The maximum Gasteiger partial charge on any atom is 0.0917 e. The van der Waals surface area contributed by atoms with E-state index in [-0.39, 0.29) is 5.54 Å². The van der Waals surface area contributed by atoms with Crippen molar-refractivity contribution >= 4 is 15.9 Å². The molecule has 1 heterocycles. The predicted octanol–water partition coefficient (Wildman–Crippen LogP) is 2.07. The van der Waals surface area contributed by atoms with Crippen LogP contribution >= 0.6 is 15.9 Å². The number of aliphatic hydroxyl groups is 1. The number of halogens is 1. The predicted molar refractivity (Wildman–Crippen MR) is 56.0 cm³/mol. The molecular weight excluding hydrogens is 232 g/mol. The summed E-state index contributed by atoms with van der Waals surface area (Å²) in [5, 5.41) is 14.2. The monoisotopic (exact) mass is 246 g/mol. The van der Waals surface area contributed by atoms with E-state index in [0.717, 1.165) is 5.56 Å². The Hall–Kier alpha value is -0.350. The summed E-state index contributed by atoms with van der Waals surface area (Å²) in [6, 6.07) is 0. The van der Waals surface area contributed by atoms with Gasteiger partial charge in [-0.15, -0.1) is 0 Å². The van der Waals surface area contributed by atoms with Gasteiger partial charge in [0.1, 0.15) is 0 Å². The third kappa shape index (κ3) is 2.54. The lowest BCUT2D eigenvalue weighted by Gasteiger charge is -2.18. The minimum atomic E-state index is -0.462. The van der Waals surface area contributed by atoms with Gasteiger partial charge in [-0.3, -0.25) is 4.68 Å². The molecule has 13 heavy (non-hydrogen) atoms. The summed E-state index contributed by atoms with van der Waals surface area (Å²) in [5.74, 6) is 0. The Balaban J connectivity index is 2.87. The number of aromatic nitrogens is 2. The van der Waals surface area contributed by atoms with E-state index in [4.69, 9.17) is 0 Å². The summed E-state index contributed by atoms with van der Waals surface area (Å²) in [6.45, 7) is 6.22. The summed E-state index contributed by atoms with van der Waals surface area (Å²) in [7, 11) is 0. The average Bonchev–Trinajstić information content (AvgIpc) is 2.50. The molecule has 1 aromatic heterocycles. The van der Waals surface area contributed by atoms with Gasteiger partial charge in [-0.25, -0.2) is 0 Å². The summed E-state index contributed by atoms with van der Waals surface area (Å²) in [5.41, 5.74) is 0.830. The summed E-state index contributed by atoms with van der Waals surface area (Å²) in [6.07, 6.45) is 3.12. The van der Waals surface area contributed by atoms with Crippen molar-refractivity contribution in [3.63, 3.8) is 0 Å². The molecule has 0 spiro atoms. The first-order valence-corrected chi connectivity index (χ1v) is 5.36. The van der Waals surface area contributed by atoms with Crippen LogP contribution in [0.1, 0.15) is 32.4 Å². The molecule has 3 nitrogen and oxygen atoms in total. The Bertz CT molecular complexity index is 277. The molecule has 0 saturated carbocycles. The quantitative estimate of drug-likeness (QED) is 0.812. The molecule has 1 atom stereocenters. The van der Waals surface area contributed by atoms with E-state index in [1.54, 1.807) is 6.20 Å². The highest BCUT2D eigenvalue weighted by Gasteiger charge is 2.16. The topological polar surface area (TPSA) is 38.0 Å². The van der Waals surface area contributed by atoms with E-state index in [9.17, 15) is 5.11 Å². The second kappa shape index (κ2) is 3.80. The first kappa shape index (κ1) is 10.7. The fourth-order valence-corrected chi connectivity index (χ4v) is 1.34. The smallest absolute Gasteiger partial charge is 0.0917 e. The molecule has 0 aliphatic carbocycles. The van der Waals surface area contributed by atoms with E-state index in [1.165, 1.54) is 0 Å². The van der Waals surface area contributed by atoms with Gasteiger partial charge in [0.2, 0.25) is 0 Å². The highest BCUT2D eigenvalue weighted by molar-refractivity contribution is 9.09. The van der Waals surface area contributed by atoms with Crippen molar-refractivity contribution < 1.29 is 5.11 Å². The van der Waals surface area contributed by atoms with Crippen LogP contribution in [0.4, 0.5) is 0 Å². The summed E-state index contributed by atoms with van der Waals surface area (Å²) >= 11 is 3.22. The van der Waals surface area contributed by atoms with Crippen LogP contribution < -0.4 is 0 Å². The molecule has 74 valence electrons. The zero-order valence-electron chi connectivity index (χ0n) is 8.16. The van der Waals surface area contributed by atoms with Gasteiger partial charge in [-0.2, -0.15) is 5.10 Å². The van der Waals surface area contributed by atoms with Crippen molar-refractivity contribution in [2.45, 2.75) is 32.4 Å². The molecule has 0 aromatic carbocycles. The molecule has 1 N–H and O–H groups in total. The van der Waals surface area contributed by atoms with Crippen LogP contribution in [0.3, 0.4) is 0 Å². The number of rotatable bonds is 2. The Kier molecular flexibility index (Phi) is 3.14. The van der Waals surface area contributed by atoms with Crippen molar-refractivity contribution in [3.8, 4) is 0 Å². The fraction of sp³-hybridized carbons (Fsp3) is 0.667. The molecular formula is C9H15BrN2O. The lowest BCUT2D eigenvalue weighted by atomic mass is 10.1. The Labute approximate surface area is 86.9 Å². The minimum Gasteiger partial charge on any atom is -0.387 e. The van der Waals surface area contributed by atoms with E-state index in [0.29, 0.717) is 5.33 Å². The average molecular weight is 247 g/mol. The second-order valence-corrected chi connectivity index (χ2v) is 4.71. The lowest BCUT2D eigenvalue weighted by Crippen LogP contribution is -2.22. The zero-order chi connectivity index (χ0) is 10.1. The van der Waals surface area contributed by atoms with Crippen molar-refractivity contribution in [2.75, 3.05) is 5.33 Å². The Morgan fingerprint density at radius 1 is 1.62 bits per heavy atom. The molecule has 0 saturated heterocycles. The maximum absolute atomic E-state index is 9.51. The molecule has 0 aliphatic heterocycles. The molecule has 0 amide bonds. The van der Waals surface area contributed by atoms with Crippen molar-refractivity contribution in [1.29, 1.82) is 0 Å². The number of nitrogens with zero attached hydrogens (tertiary/aromatic N) is 2. The van der Waals surface area contributed by atoms with Gasteiger partial charge in [0.05, 0.1) is 17.8 Å². The van der Waals surface area contributed by atoms with E-state index in [1.807, 2.05) is 10.9 Å². The van der Waals surface area contributed by atoms with E-state index < -0.39 is 6.10 Å². The molecule has 0 fully saturated rings.